The molecule has 5 nitrogen and oxygen atoms in total. The zero-order chi connectivity index (χ0) is 16.9. The Morgan fingerprint density at radius 2 is 1.78 bits per heavy atom. The molecule has 0 heterocycles. The Hall–Kier alpha value is -1.40. The Morgan fingerprint density at radius 3 is 2.35 bits per heavy atom. The van der Waals surface area contributed by atoms with E-state index in [4.69, 9.17) is 0 Å². The predicted octanol–water partition coefficient (Wildman–Crippen LogP) is 2.45. The topological polar surface area (TPSA) is 66.5 Å². The summed E-state index contributed by atoms with van der Waals surface area (Å²) in [5, 5.41) is 2.97. The summed E-state index contributed by atoms with van der Waals surface area (Å²) in [5.41, 5.74) is 1.00. The molecule has 0 radical (unpaired) electrons. The molecule has 1 fully saturated rings. The van der Waals surface area contributed by atoms with Crippen LogP contribution in [0.3, 0.4) is 0 Å². The fourth-order valence-electron chi connectivity index (χ4n) is 2.91. The van der Waals surface area contributed by atoms with Crippen molar-refractivity contribution in [2.45, 2.75) is 56.9 Å². The second-order valence-corrected chi connectivity index (χ2v) is 8.08. The van der Waals surface area contributed by atoms with Gasteiger partial charge in [0.1, 0.15) is 0 Å². The van der Waals surface area contributed by atoms with Gasteiger partial charge >= 0.3 is 0 Å². The van der Waals surface area contributed by atoms with Crippen LogP contribution in [0.15, 0.2) is 29.2 Å². The molecule has 6 heteroatoms. The first-order valence-corrected chi connectivity index (χ1v) is 9.73. The van der Waals surface area contributed by atoms with E-state index in [0.29, 0.717) is 0 Å². The zero-order valence-corrected chi connectivity index (χ0v) is 14.7. The first kappa shape index (κ1) is 17.9. The van der Waals surface area contributed by atoms with Crippen LogP contribution in [0.25, 0.3) is 0 Å². The average Bonchev–Trinajstić information content (AvgIpc) is 2.53. The van der Waals surface area contributed by atoms with E-state index in [1.54, 1.807) is 31.2 Å². The number of likely N-dealkylation sites (N-methyl/N-ethyl adjacent to an activating group) is 1. The first-order valence-electron chi connectivity index (χ1n) is 8.29. The lowest BCUT2D eigenvalue weighted by Crippen LogP contribution is -2.44. The van der Waals surface area contributed by atoms with Gasteiger partial charge in [0.05, 0.1) is 11.4 Å². The number of aryl methyl sites for hydroxylation is 1. The zero-order valence-electron chi connectivity index (χ0n) is 13.9. The highest BCUT2D eigenvalue weighted by molar-refractivity contribution is 7.89. The molecule has 0 atom stereocenters. The molecule has 0 saturated heterocycles. The molecule has 0 bridgehead atoms. The normalized spacial score (nSPS) is 16.5. The van der Waals surface area contributed by atoms with E-state index in [2.05, 4.69) is 5.32 Å². The molecular formula is C17H26N2O3S. The quantitative estimate of drug-likeness (QED) is 0.866. The molecule has 2 rings (SSSR count). The van der Waals surface area contributed by atoms with Gasteiger partial charge in [-0.25, -0.2) is 8.42 Å². The highest BCUT2D eigenvalue weighted by Crippen LogP contribution is 2.18. The third-order valence-corrected chi connectivity index (χ3v) is 6.24. The summed E-state index contributed by atoms with van der Waals surface area (Å²) in [7, 11) is -3.63. The molecule has 0 aliphatic heterocycles. The number of nitrogens with one attached hydrogen (secondary N) is 1. The minimum Gasteiger partial charge on any atom is -0.352 e. The van der Waals surface area contributed by atoms with Crippen LogP contribution in [0.2, 0.25) is 0 Å². The van der Waals surface area contributed by atoms with E-state index in [-0.39, 0.29) is 29.9 Å². The van der Waals surface area contributed by atoms with Gasteiger partial charge in [0.25, 0.3) is 0 Å². The number of benzene rings is 1. The summed E-state index contributed by atoms with van der Waals surface area (Å²) in [6.07, 6.45) is 5.45. The number of nitrogens with zero attached hydrogens (tertiary/aromatic N) is 1. The van der Waals surface area contributed by atoms with Crippen molar-refractivity contribution in [3.63, 3.8) is 0 Å². The number of amides is 1. The molecule has 0 aromatic heterocycles. The number of carbonyl (C=O) groups excluding carboxylic acids is 1. The van der Waals surface area contributed by atoms with Crippen molar-refractivity contribution in [2.75, 3.05) is 13.1 Å². The second kappa shape index (κ2) is 7.93. The minimum absolute atomic E-state index is 0.122. The number of carbonyl (C=O) groups is 1. The van der Waals surface area contributed by atoms with Gasteiger partial charge in [-0.15, -0.1) is 0 Å². The maximum absolute atomic E-state index is 12.6. The monoisotopic (exact) mass is 338 g/mol. The maximum Gasteiger partial charge on any atom is 0.243 e. The van der Waals surface area contributed by atoms with E-state index < -0.39 is 10.0 Å². The van der Waals surface area contributed by atoms with Gasteiger partial charge in [-0.2, -0.15) is 4.31 Å². The summed E-state index contributed by atoms with van der Waals surface area (Å²) in [6, 6.07) is 6.90. The van der Waals surface area contributed by atoms with E-state index in [0.717, 1.165) is 31.2 Å². The number of rotatable bonds is 6. The largest absolute Gasteiger partial charge is 0.352 e. The van der Waals surface area contributed by atoms with Crippen molar-refractivity contribution in [1.82, 2.24) is 9.62 Å². The second-order valence-electron chi connectivity index (χ2n) is 6.15. The Balaban J connectivity index is 2.03. The van der Waals surface area contributed by atoms with Gasteiger partial charge in [-0.3, -0.25) is 4.79 Å². The molecule has 1 aliphatic rings. The molecule has 1 amide bonds. The molecule has 0 spiro atoms. The molecule has 0 unspecified atom stereocenters. The van der Waals surface area contributed by atoms with Crippen LogP contribution in [0.5, 0.6) is 0 Å². The van der Waals surface area contributed by atoms with Crippen LogP contribution >= 0.6 is 0 Å². The summed E-state index contributed by atoms with van der Waals surface area (Å²) in [4.78, 5) is 12.4. The van der Waals surface area contributed by atoms with Gasteiger partial charge in [0, 0.05) is 12.6 Å². The molecule has 1 saturated carbocycles. The summed E-state index contributed by atoms with van der Waals surface area (Å²) >= 11 is 0. The van der Waals surface area contributed by atoms with Crippen molar-refractivity contribution < 1.29 is 13.2 Å². The lowest BCUT2D eigenvalue weighted by molar-refractivity contribution is -0.122. The predicted molar refractivity (Wildman–Crippen MR) is 90.6 cm³/mol. The van der Waals surface area contributed by atoms with Crippen LogP contribution in [-0.2, 0) is 14.8 Å². The van der Waals surface area contributed by atoms with Crippen LogP contribution in [0.4, 0.5) is 0 Å². The Morgan fingerprint density at radius 1 is 1.17 bits per heavy atom. The van der Waals surface area contributed by atoms with E-state index in [1.165, 1.54) is 10.7 Å². The smallest absolute Gasteiger partial charge is 0.243 e. The van der Waals surface area contributed by atoms with Crippen LogP contribution in [0, 0.1) is 6.92 Å². The maximum atomic E-state index is 12.6. The van der Waals surface area contributed by atoms with Crippen molar-refractivity contribution in [3.05, 3.63) is 29.8 Å². The lowest BCUT2D eigenvalue weighted by atomic mass is 9.95. The van der Waals surface area contributed by atoms with E-state index >= 15 is 0 Å². The molecular weight excluding hydrogens is 312 g/mol. The van der Waals surface area contributed by atoms with Gasteiger partial charge in [0.15, 0.2) is 0 Å². The molecule has 23 heavy (non-hydrogen) atoms. The Kier molecular flexibility index (Phi) is 6.18. The van der Waals surface area contributed by atoms with Crippen molar-refractivity contribution in [2.24, 2.45) is 0 Å². The fourth-order valence-corrected chi connectivity index (χ4v) is 4.31. The van der Waals surface area contributed by atoms with Gasteiger partial charge in [-0.05, 0) is 31.9 Å². The van der Waals surface area contributed by atoms with E-state index in [1.807, 2.05) is 6.92 Å². The van der Waals surface area contributed by atoms with Gasteiger partial charge in [-0.1, -0.05) is 43.9 Å². The molecule has 1 N–H and O–H groups in total. The third-order valence-electron chi connectivity index (χ3n) is 4.30. The summed E-state index contributed by atoms with van der Waals surface area (Å²) in [6.45, 7) is 3.81. The standard InChI is InChI=1S/C17H26N2O3S/c1-3-19(13-17(20)18-15-7-5-4-6-8-15)23(21,22)16-11-9-14(2)10-12-16/h9-12,15H,3-8,13H2,1-2H3,(H,18,20). The van der Waals surface area contributed by atoms with Crippen molar-refractivity contribution in [3.8, 4) is 0 Å². The Labute approximate surface area is 139 Å². The van der Waals surface area contributed by atoms with Gasteiger partial charge < -0.3 is 5.32 Å². The minimum atomic E-state index is -3.63. The highest BCUT2D eigenvalue weighted by Gasteiger charge is 2.26. The Bertz CT molecular complexity index is 620. The summed E-state index contributed by atoms with van der Waals surface area (Å²) in [5.74, 6) is -0.213. The SMILES string of the molecule is CCN(CC(=O)NC1CCCCC1)S(=O)(=O)c1ccc(C)cc1. The van der Waals surface area contributed by atoms with Gasteiger partial charge in [0.2, 0.25) is 15.9 Å². The lowest BCUT2D eigenvalue weighted by Gasteiger charge is -2.25. The van der Waals surface area contributed by atoms with Crippen LogP contribution < -0.4 is 5.32 Å². The molecule has 1 aliphatic carbocycles. The first-order chi connectivity index (χ1) is 10.9. The number of hydrogen-bond acceptors (Lipinski definition) is 3. The van der Waals surface area contributed by atoms with Crippen molar-refractivity contribution in [1.29, 1.82) is 0 Å². The van der Waals surface area contributed by atoms with Crippen LogP contribution in [-0.4, -0.2) is 37.8 Å². The van der Waals surface area contributed by atoms with E-state index in [9.17, 15) is 13.2 Å². The average molecular weight is 338 g/mol. The van der Waals surface area contributed by atoms with Crippen molar-refractivity contribution >= 4 is 15.9 Å². The molecule has 1 aromatic rings. The molecule has 128 valence electrons. The summed E-state index contributed by atoms with van der Waals surface area (Å²) < 4.78 is 26.5. The number of sulfonamides is 1. The fraction of sp³-hybridized carbons (Fsp3) is 0.588. The highest BCUT2D eigenvalue weighted by atomic mass is 32.2. The third kappa shape index (κ3) is 4.78. The molecule has 1 aromatic carbocycles. The van der Waals surface area contributed by atoms with Crippen LogP contribution in [0.1, 0.15) is 44.6 Å². The number of hydrogen-bond donors (Lipinski definition) is 1.